The van der Waals surface area contributed by atoms with E-state index in [9.17, 15) is 19.5 Å². The number of halogens is 2. The Balaban J connectivity index is 1.79. The molecule has 0 spiro atoms. The minimum absolute atomic E-state index is 0.0622. The summed E-state index contributed by atoms with van der Waals surface area (Å²) in [5.41, 5.74) is 0.306. The van der Waals surface area contributed by atoms with Gasteiger partial charge in [0.1, 0.15) is 17.9 Å². The minimum Gasteiger partial charge on any atom is -0.507 e. The molecule has 1 aliphatic rings. The van der Waals surface area contributed by atoms with Crippen LogP contribution in [0.25, 0.3) is 0 Å². The van der Waals surface area contributed by atoms with Crippen LogP contribution < -0.4 is 10.1 Å². The number of hydrogen-bond donors (Lipinski definition) is 3. The Labute approximate surface area is 194 Å². The molecule has 1 saturated carbocycles. The highest BCUT2D eigenvalue weighted by atomic mass is 35.5. The van der Waals surface area contributed by atoms with E-state index in [2.05, 4.69) is 5.32 Å². The summed E-state index contributed by atoms with van der Waals surface area (Å²) >= 11 is 12.5. The first-order valence-corrected chi connectivity index (χ1v) is 10.7. The second-order valence-electron chi connectivity index (χ2n) is 7.52. The van der Waals surface area contributed by atoms with Crippen LogP contribution in [-0.2, 0) is 9.59 Å². The maximum Gasteiger partial charge on any atom is 0.312 e. The van der Waals surface area contributed by atoms with Crippen LogP contribution in [0.15, 0.2) is 30.3 Å². The van der Waals surface area contributed by atoms with Crippen molar-refractivity contribution in [3.8, 4) is 17.2 Å². The summed E-state index contributed by atoms with van der Waals surface area (Å²) in [6.45, 7) is 0. The van der Waals surface area contributed by atoms with Crippen LogP contribution in [0.2, 0.25) is 10.0 Å². The molecule has 0 aliphatic heterocycles. The Morgan fingerprint density at radius 1 is 1.12 bits per heavy atom. The van der Waals surface area contributed by atoms with Gasteiger partial charge in [-0.05, 0) is 43.2 Å². The number of rotatable bonds is 7. The predicted molar refractivity (Wildman–Crippen MR) is 120 cm³/mol. The summed E-state index contributed by atoms with van der Waals surface area (Å²) in [6.07, 6.45) is 3.30. The number of nitrogens with one attached hydrogen (secondary N) is 1. The van der Waals surface area contributed by atoms with Crippen molar-refractivity contribution in [1.29, 1.82) is 0 Å². The lowest BCUT2D eigenvalue weighted by Crippen LogP contribution is -2.35. The maximum atomic E-state index is 12.9. The number of phenols is 1. The molecule has 0 atom stereocenters. The van der Waals surface area contributed by atoms with Gasteiger partial charge in [0.15, 0.2) is 5.75 Å². The number of amides is 2. The number of carbonyl (C=O) groups is 3. The third-order valence-electron chi connectivity index (χ3n) is 5.20. The van der Waals surface area contributed by atoms with Crippen molar-refractivity contribution in [3.63, 3.8) is 0 Å². The molecule has 8 nitrogen and oxygen atoms in total. The molecule has 0 unspecified atom stereocenters. The summed E-state index contributed by atoms with van der Waals surface area (Å²) in [4.78, 5) is 36.8. The lowest BCUT2D eigenvalue weighted by Gasteiger charge is -2.25. The Hall–Kier alpha value is -2.97. The molecule has 0 bridgehead atoms. The number of benzene rings is 2. The fraction of sp³-hybridized carbons (Fsp3) is 0.318. The molecule has 32 heavy (non-hydrogen) atoms. The average molecular weight is 481 g/mol. The zero-order valence-electron chi connectivity index (χ0n) is 17.2. The highest BCUT2D eigenvalue weighted by Gasteiger charge is 2.26. The van der Waals surface area contributed by atoms with Gasteiger partial charge in [0.05, 0.1) is 15.6 Å². The number of carbonyl (C=O) groups excluding carboxylic acids is 2. The third-order valence-corrected chi connectivity index (χ3v) is 5.77. The number of ether oxygens (including phenoxy) is 1. The molecule has 1 fully saturated rings. The van der Waals surface area contributed by atoms with Gasteiger partial charge in [-0.2, -0.15) is 0 Å². The molecule has 10 heteroatoms. The quantitative estimate of drug-likeness (QED) is 0.484. The molecule has 0 aromatic heterocycles. The van der Waals surface area contributed by atoms with Crippen molar-refractivity contribution in [2.24, 2.45) is 0 Å². The van der Waals surface area contributed by atoms with Crippen LogP contribution >= 0.6 is 23.2 Å². The molecule has 3 rings (SSSR count). The number of anilines is 1. The summed E-state index contributed by atoms with van der Waals surface area (Å²) in [6, 6.07) is 7.10. The standard InChI is InChI=1S/C22H22Cl2N2O6/c1-26(13-4-2-3-5-13)22(31)15-10-14(6-7-18(15)27)32-21-16(23)8-12(9-17(21)24)25-19(28)11-20(29)30/h6-10,13,27H,2-5,11H2,1H3,(H,25,28)(H,29,30). The first kappa shape index (κ1) is 23.7. The summed E-state index contributed by atoms with van der Waals surface area (Å²) in [7, 11) is 1.72. The Kier molecular flexibility index (Phi) is 7.48. The fourth-order valence-corrected chi connectivity index (χ4v) is 4.15. The van der Waals surface area contributed by atoms with Crippen molar-refractivity contribution in [2.75, 3.05) is 12.4 Å². The van der Waals surface area contributed by atoms with E-state index in [1.165, 1.54) is 30.3 Å². The molecular weight excluding hydrogens is 459 g/mol. The van der Waals surface area contributed by atoms with Gasteiger partial charge in [0, 0.05) is 18.8 Å². The lowest BCUT2D eigenvalue weighted by molar-refractivity contribution is -0.139. The fourth-order valence-electron chi connectivity index (χ4n) is 3.59. The van der Waals surface area contributed by atoms with E-state index < -0.39 is 18.3 Å². The van der Waals surface area contributed by atoms with E-state index in [0.29, 0.717) is 0 Å². The van der Waals surface area contributed by atoms with E-state index in [-0.39, 0.29) is 50.5 Å². The second kappa shape index (κ2) is 10.1. The van der Waals surface area contributed by atoms with Crippen LogP contribution in [-0.4, -0.2) is 46.0 Å². The SMILES string of the molecule is CN(C(=O)c1cc(Oc2c(Cl)cc(NC(=O)CC(=O)O)cc2Cl)ccc1O)C1CCCC1. The van der Waals surface area contributed by atoms with Crippen molar-refractivity contribution >= 4 is 46.7 Å². The van der Waals surface area contributed by atoms with Crippen molar-refractivity contribution in [1.82, 2.24) is 4.90 Å². The van der Waals surface area contributed by atoms with Gasteiger partial charge in [-0.15, -0.1) is 0 Å². The topological polar surface area (TPSA) is 116 Å². The maximum absolute atomic E-state index is 12.9. The minimum atomic E-state index is -1.27. The first-order chi connectivity index (χ1) is 15.2. The number of nitrogens with zero attached hydrogens (tertiary/aromatic N) is 1. The molecular formula is C22H22Cl2N2O6. The number of aliphatic carboxylic acids is 1. The first-order valence-electron chi connectivity index (χ1n) is 9.94. The van der Waals surface area contributed by atoms with Crippen molar-refractivity contribution in [2.45, 2.75) is 38.1 Å². The van der Waals surface area contributed by atoms with Crippen molar-refractivity contribution in [3.05, 3.63) is 45.9 Å². The highest BCUT2D eigenvalue weighted by Crippen LogP contribution is 2.40. The smallest absolute Gasteiger partial charge is 0.312 e. The van der Waals surface area contributed by atoms with Crippen LogP contribution in [0, 0.1) is 0 Å². The van der Waals surface area contributed by atoms with Gasteiger partial charge >= 0.3 is 5.97 Å². The molecule has 1 aliphatic carbocycles. The lowest BCUT2D eigenvalue weighted by atomic mass is 10.1. The molecule has 3 N–H and O–H groups in total. The molecule has 2 aromatic carbocycles. The van der Waals surface area contributed by atoms with Gasteiger partial charge in [-0.25, -0.2) is 0 Å². The molecule has 0 heterocycles. The van der Waals surface area contributed by atoms with Gasteiger partial charge in [0.2, 0.25) is 5.91 Å². The van der Waals surface area contributed by atoms with E-state index in [1.54, 1.807) is 11.9 Å². The Bertz CT molecular complexity index is 1030. The third kappa shape index (κ3) is 5.63. The predicted octanol–water partition coefficient (Wildman–Crippen LogP) is 4.92. The summed E-state index contributed by atoms with van der Waals surface area (Å²) in [5, 5.41) is 21.4. The van der Waals surface area contributed by atoms with Crippen LogP contribution in [0.4, 0.5) is 5.69 Å². The number of aromatic hydroxyl groups is 1. The molecule has 0 saturated heterocycles. The molecule has 2 amide bonds. The molecule has 170 valence electrons. The number of carboxylic acid groups (broad SMARTS) is 1. The summed E-state index contributed by atoms with van der Waals surface area (Å²) in [5.74, 6) is -2.16. The van der Waals surface area contributed by atoms with E-state index >= 15 is 0 Å². The van der Waals surface area contributed by atoms with E-state index in [0.717, 1.165) is 25.7 Å². The normalized spacial score (nSPS) is 13.6. The average Bonchev–Trinajstić information content (AvgIpc) is 3.25. The number of phenolic OH excluding ortho intramolecular Hbond substituents is 1. The highest BCUT2D eigenvalue weighted by molar-refractivity contribution is 6.37. The monoisotopic (exact) mass is 480 g/mol. The van der Waals surface area contributed by atoms with Gasteiger partial charge in [-0.1, -0.05) is 36.0 Å². The van der Waals surface area contributed by atoms with E-state index in [1.807, 2.05) is 0 Å². The van der Waals surface area contributed by atoms with Gasteiger partial charge in [-0.3, -0.25) is 14.4 Å². The molecule has 0 radical (unpaired) electrons. The number of carboxylic acids is 1. The Morgan fingerprint density at radius 2 is 1.75 bits per heavy atom. The summed E-state index contributed by atoms with van der Waals surface area (Å²) < 4.78 is 5.76. The number of hydrogen-bond acceptors (Lipinski definition) is 5. The van der Waals surface area contributed by atoms with Gasteiger partial charge < -0.3 is 25.2 Å². The largest absolute Gasteiger partial charge is 0.507 e. The molecule has 2 aromatic rings. The van der Waals surface area contributed by atoms with Crippen LogP contribution in [0.5, 0.6) is 17.2 Å². The van der Waals surface area contributed by atoms with Crippen molar-refractivity contribution < 1.29 is 29.3 Å². The van der Waals surface area contributed by atoms with Crippen LogP contribution in [0.1, 0.15) is 42.5 Å². The Morgan fingerprint density at radius 3 is 2.34 bits per heavy atom. The zero-order chi connectivity index (χ0) is 23.4. The van der Waals surface area contributed by atoms with E-state index in [4.69, 9.17) is 33.0 Å². The zero-order valence-corrected chi connectivity index (χ0v) is 18.7. The van der Waals surface area contributed by atoms with Gasteiger partial charge in [0.25, 0.3) is 5.91 Å². The van der Waals surface area contributed by atoms with Crippen LogP contribution in [0.3, 0.4) is 0 Å². The second-order valence-corrected chi connectivity index (χ2v) is 8.34.